The molecule has 2 heterocycles. The van der Waals surface area contributed by atoms with Crippen molar-refractivity contribution in [1.29, 1.82) is 0 Å². The van der Waals surface area contributed by atoms with Crippen LogP contribution in [0, 0.1) is 0 Å². The second-order valence-electron chi connectivity index (χ2n) is 4.55. The lowest BCUT2D eigenvalue weighted by Gasteiger charge is -2.25. The second kappa shape index (κ2) is 4.63. The highest BCUT2D eigenvalue weighted by molar-refractivity contribution is 5.90. The zero-order valence-corrected chi connectivity index (χ0v) is 9.86. The number of piperidine rings is 1. The van der Waals surface area contributed by atoms with Crippen molar-refractivity contribution in [3.05, 3.63) is 11.6 Å². The number of aromatic amines is 1. The molecule has 0 aromatic carbocycles. The average Bonchev–Trinajstić information content (AvgIpc) is 2.78. The number of carbonyl (C=O) groups is 1. The zero-order chi connectivity index (χ0) is 11.5. The summed E-state index contributed by atoms with van der Waals surface area (Å²) in [7, 11) is 0. The monoisotopic (exact) mass is 222 g/mol. The fourth-order valence-electron chi connectivity index (χ4n) is 1.87. The molecule has 5 nitrogen and oxygen atoms in total. The van der Waals surface area contributed by atoms with Gasteiger partial charge in [-0.1, -0.05) is 13.8 Å². The lowest BCUT2D eigenvalue weighted by molar-refractivity contribution is 0.0712. The van der Waals surface area contributed by atoms with Gasteiger partial charge in [0.25, 0.3) is 5.91 Å². The molecule has 0 radical (unpaired) electrons. The van der Waals surface area contributed by atoms with E-state index in [1.807, 2.05) is 18.7 Å². The highest BCUT2D eigenvalue weighted by Crippen LogP contribution is 2.13. The summed E-state index contributed by atoms with van der Waals surface area (Å²) in [5.74, 6) is 1.32. The Bertz CT molecular complexity index is 366. The Morgan fingerprint density at radius 2 is 2.00 bits per heavy atom. The SMILES string of the molecule is CC(C)c1nc(C(=O)N2CCCCC2)n[nH]1. The number of aromatic nitrogens is 3. The average molecular weight is 222 g/mol. The van der Waals surface area contributed by atoms with Crippen LogP contribution >= 0.6 is 0 Å². The first-order valence-corrected chi connectivity index (χ1v) is 5.90. The van der Waals surface area contributed by atoms with E-state index in [4.69, 9.17) is 0 Å². The number of hydrogen-bond donors (Lipinski definition) is 1. The Morgan fingerprint density at radius 3 is 2.56 bits per heavy atom. The Labute approximate surface area is 95.2 Å². The van der Waals surface area contributed by atoms with E-state index < -0.39 is 0 Å². The number of H-pyrrole nitrogens is 1. The Balaban J connectivity index is 2.07. The predicted molar refractivity (Wildman–Crippen MR) is 60.2 cm³/mol. The summed E-state index contributed by atoms with van der Waals surface area (Å²) >= 11 is 0. The van der Waals surface area contributed by atoms with Gasteiger partial charge in [0.05, 0.1) is 0 Å². The molecule has 0 bridgehead atoms. The molecule has 5 heteroatoms. The first kappa shape index (κ1) is 11.1. The molecular formula is C11H18N4O. The maximum absolute atomic E-state index is 12.0. The van der Waals surface area contributed by atoms with Gasteiger partial charge in [0, 0.05) is 19.0 Å². The number of hydrogen-bond acceptors (Lipinski definition) is 3. The van der Waals surface area contributed by atoms with Crippen LogP contribution in [0.15, 0.2) is 0 Å². The van der Waals surface area contributed by atoms with E-state index in [2.05, 4.69) is 15.2 Å². The van der Waals surface area contributed by atoms with E-state index >= 15 is 0 Å². The van der Waals surface area contributed by atoms with Crippen LogP contribution in [0.4, 0.5) is 0 Å². The van der Waals surface area contributed by atoms with E-state index in [9.17, 15) is 4.79 Å². The molecule has 1 fully saturated rings. The van der Waals surface area contributed by atoms with Crippen LogP contribution in [-0.4, -0.2) is 39.1 Å². The van der Waals surface area contributed by atoms with E-state index in [1.165, 1.54) is 6.42 Å². The molecule has 1 N–H and O–H groups in total. The molecule has 16 heavy (non-hydrogen) atoms. The van der Waals surface area contributed by atoms with Crippen LogP contribution in [0.1, 0.15) is 55.5 Å². The van der Waals surface area contributed by atoms with Crippen molar-refractivity contribution >= 4 is 5.91 Å². The van der Waals surface area contributed by atoms with Crippen LogP contribution in [0.2, 0.25) is 0 Å². The van der Waals surface area contributed by atoms with Crippen molar-refractivity contribution in [1.82, 2.24) is 20.1 Å². The molecule has 88 valence electrons. The lowest BCUT2D eigenvalue weighted by Crippen LogP contribution is -2.36. The van der Waals surface area contributed by atoms with E-state index in [1.54, 1.807) is 0 Å². The smallest absolute Gasteiger partial charge is 0.293 e. The normalized spacial score (nSPS) is 16.8. The number of nitrogens with one attached hydrogen (secondary N) is 1. The molecule has 1 aromatic heterocycles. The lowest BCUT2D eigenvalue weighted by atomic mass is 10.1. The third kappa shape index (κ3) is 2.23. The maximum atomic E-state index is 12.0. The summed E-state index contributed by atoms with van der Waals surface area (Å²) < 4.78 is 0. The second-order valence-corrected chi connectivity index (χ2v) is 4.55. The van der Waals surface area contributed by atoms with Gasteiger partial charge in [-0.3, -0.25) is 9.89 Å². The van der Waals surface area contributed by atoms with Gasteiger partial charge >= 0.3 is 0 Å². The molecule has 1 aliphatic rings. The van der Waals surface area contributed by atoms with Crippen LogP contribution in [-0.2, 0) is 0 Å². The summed E-state index contributed by atoms with van der Waals surface area (Å²) in [4.78, 5) is 18.1. The summed E-state index contributed by atoms with van der Waals surface area (Å²) in [6, 6.07) is 0. The summed E-state index contributed by atoms with van der Waals surface area (Å²) in [5, 5.41) is 6.80. The van der Waals surface area contributed by atoms with Crippen molar-refractivity contribution in [3.8, 4) is 0 Å². The van der Waals surface area contributed by atoms with E-state index in [0.717, 1.165) is 31.8 Å². The van der Waals surface area contributed by atoms with Gasteiger partial charge in [0.1, 0.15) is 5.82 Å². The van der Waals surface area contributed by atoms with Crippen molar-refractivity contribution in [3.63, 3.8) is 0 Å². The number of amides is 1. The fourth-order valence-corrected chi connectivity index (χ4v) is 1.87. The molecule has 2 rings (SSSR count). The first-order valence-electron chi connectivity index (χ1n) is 5.90. The van der Waals surface area contributed by atoms with Gasteiger partial charge in [-0.2, -0.15) is 0 Å². The van der Waals surface area contributed by atoms with Crippen LogP contribution in [0.3, 0.4) is 0 Å². The minimum Gasteiger partial charge on any atom is -0.336 e. The highest BCUT2D eigenvalue weighted by Gasteiger charge is 2.22. The summed E-state index contributed by atoms with van der Waals surface area (Å²) in [6.45, 7) is 5.72. The van der Waals surface area contributed by atoms with Gasteiger partial charge in [0.15, 0.2) is 0 Å². The number of likely N-dealkylation sites (tertiary alicyclic amines) is 1. The predicted octanol–water partition coefficient (Wildman–Crippen LogP) is 1.55. The van der Waals surface area contributed by atoms with Gasteiger partial charge < -0.3 is 4.90 Å². The topological polar surface area (TPSA) is 61.9 Å². The molecule has 1 saturated heterocycles. The van der Waals surface area contributed by atoms with E-state index in [-0.39, 0.29) is 11.8 Å². The van der Waals surface area contributed by atoms with Crippen molar-refractivity contribution in [2.75, 3.05) is 13.1 Å². The van der Waals surface area contributed by atoms with Crippen LogP contribution in [0.25, 0.3) is 0 Å². The van der Waals surface area contributed by atoms with Gasteiger partial charge in [-0.05, 0) is 19.3 Å². The third-order valence-electron chi connectivity index (χ3n) is 2.88. The van der Waals surface area contributed by atoms with E-state index in [0.29, 0.717) is 5.82 Å². The molecule has 1 amide bonds. The molecular weight excluding hydrogens is 204 g/mol. The maximum Gasteiger partial charge on any atom is 0.293 e. The van der Waals surface area contributed by atoms with Crippen molar-refractivity contribution < 1.29 is 4.79 Å². The fraction of sp³-hybridized carbons (Fsp3) is 0.727. The molecule has 0 aliphatic carbocycles. The third-order valence-corrected chi connectivity index (χ3v) is 2.88. The summed E-state index contributed by atoms with van der Waals surface area (Å²) in [6.07, 6.45) is 3.40. The number of nitrogens with zero attached hydrogens (tertiary/aromatic N) is 3. The molecule has 0 spiro atoms. The quantitative estimate of drug-likeness (QED) is 0.825. The minimum atomic E-state index is -0.0390. The number of rotatable bonds is 2. The largest absolute Gasteiger partial charge is 0.336 e. The Morgan fingerprint density at radius 1 is 1.31 bits per heavy atom. The van der Waals surface area contributed by atoms with Gasteiger partial charge in [-0.25, -0.2) is 4.98 Å². The Kier molecular flexibility index (Phi) is 3.22. The number of carbonyl (C=O) groups excluding carboxylic acids is 1. The summed E-state index contributed by atoms with van der Waals surface area (Å²) in [5.41, 5.74) is 0. The van der Waals surface area contributed by atoms with Crippen molar-refractivity contribution in [2.24, 2.45) is 0 Å². The van der Waals surface area contributed by atoms with Gasteiger partial charge in [-0.15, -0.1) is 5.10 Å². The molecule has 0 saturated carbocycles. The van der Waals surface area contributed by atoms with Crippen LogP contribution < -0.4 is 0 Å². The molecule has 1 aromatic rings. The molecule has 0 unspecified atom stereocenters. The van der Waals surface area contributed by atoms with Crippen molar-refractivity contribution in [2.45, 2.75) is 39.0 Å². The standard InChI is InChI=1S/C11H18N4O/c1-8(2)9-12-10(14-13-9)11(16)15-6-4-3-5-7-15/h8H,3-7H2,1-2H3,(H,12,13,14). The zero-order valence-electron chi connectivity index (χ0n) is 9.86. The molecule has 0 atom stereocenters. The van der Waals surface area contributed by atoms with Gasteiger partial charge in [0.2, 0.25) is 5.82 Å². The Hall–Kier alpha value is -1.39. The molecule has 1 aliphatic heterocycles. The minimum absolute atomic E-state index is 0.0390. The highest BCUT2D eigenvalue weighted by atomic mass is 16.2. The van der Waals surface area contributed by atoms with Crippen LogP contribution in [0.5, 0.6) is 0 Å². The first-order chi connectivity index (χ1) is 7.68.